The van der Waals surface area contributed by atoms with Crippen molar-refractivity contribution >= 4 is 50.0 Å². The van der Waals surface area contributed by atoms with Gasteiger partial charge in [0.25, 0.3) is 0 Å². The van der Waals surface area contributed by atoms with Crippen molar-refractivity contribution in [2.24, 2.45) is 0 Å². The molecule has 0 fully saturated rings. The van der Waals surface area contributed by atoms with Gasteiger partial charge in [-0.25, -0.2) is 4.39 Å². The van der Waals surface area contributed by atoms with Crippen LogP contribution in [0.25, 0.3) is 60.9 Å². The molecule has 0 saturated carbocycles. The summed E-state index contributed by atoms with van der Waals surface area (Å²) in [6, 6.07) is 66.5. The summed E-state index contributed by atoms with van der Waals surface area (Å²) >= 11 is 0. The first-order chi connectivity index (χ1) is 28.7. The van der Waals surface area contributed by atoms with Crippen LogP contribution >= 0.6 is 0 Å². The van der Waals surface area contributed by atoms with Crippen molar-refractivity contribution in [3.8, 4) is 27.9 Å². The van der Waals surface area contributed by atoms with Crippen molar-refractivity contribution in [3.05, 3.63) is 216 Å². The van der Waals surface area contributed by atoms with Gasteiger partial charge in [0, 0.05) is 44.4 Å². The molecule has 0 amide bonds. The average Bonchev–Trinajstić information content (AvgIpc) is 3.82. The lowest BCUT2D eigenvalue weighted by Gasteiger charge is -2.28. The van der Waals surface area contributed by atoms with E-state index in [1.807, 2.05) is 12.1 Å². The number of nitrogens with zero attached hydrogens (tertiary/aromatic N) is 2. The van der Waals surface area contributed by atoms with Crippen LogP contribution in [0.2, 0.25) is 0 Å². The number of allylic oxidation sites excluding steroid dienone is 2. The summed E-state index contributed by atoms with van der Waals surface area (Å²) in [6.45, 7) is 9.55. The van der Waals surface area contributed by atoms with Crippen molar-refractivity contribution in [1.82, 2.24) is 4.57 Å². The number of anilines is 3. The quantitative estimate of drug-likeness (QED) is 0.164. The van der Waals surface area contributed by atoms with Gasteiger partial charge in [-0.2, -0.15) is 0 Å². The zero-order valence-electron chi connectivity index (χ0n) is 33.7. The van der Waals surface area contributed by atoms with Gasteiger partial charge in [-0.05, 0) is 135 Å². The molecule has 59 heavy (non-hydrogen) atoms. The average molecular weight is 763 g/mol. The summed E-state index contributed by atoms with van der Waals surface area (Å²) in [6.07, 6.45) is 0. The Kier molecular flexibility index (Phi) is 7.77. The Morgan fingerprint density at radius 3 is 1.61 bits per heavy atom. The van der Waals surface area contributed by atoms with Gasteiger partial charge < -0.3 is 9.47 Å². The van der Waals surface area contributed by atoms with Gasteiger partial charge in [0.15, 0.2) is 0 Å². The molecular weight excluding hydrogens is 720 g/mol. The maximum atomic E-state index is 13.8. The maximum Gasteiger partial charge on any atom is 0.123 e. The third-order valence-corrected chi connectivity index (χ3v) is 13.0. The molecule has 11 rings (SSSR count). The molecule has 2 aliphatic rings. The molecule has 8 aromatic carbocycles. The molecule has 0 spiro atoms. The van der Waals surface area contributed by atoms with Crippen LogP contribution in [0.3, 0.4) is 0 Å². The molecular formula is C56H43FN2. The number of fused-ring (bicyclic) bond motifs is 7. The van der Waals surface area contributed by atoms with Gasteiger partial charge in [-0.15, -0.1) is 0 Å². The molecule has 0 bridgehead atoms. The molecule has 0 unspecified atom stereocenters. The topological polar surface area (TPSA) is 8.17 Å². The van der Waals surface area contributed by atoms with Crippen molar-refractivity contribution < 1.29 is 4.39 Å². The third kappa shape index (κ3) is 5.38. The van der Waals surface area contributed by atoms with Crippen molar-refractivity contribution in [1.29, 1.82) is 0 Å². The first kappa shape index (κ1) is 35.2. The van der Waals surface area contributed by atoms with Gasteiger partial charge in [0.05, 0.1) is 11.0 Å². The maximum absolute atomic E-state index is 13.8. The van der Waals surface area contributed by atoms with Gasteiger partial charge in [-0.1, -0.05) is 137 Å². The number of hydrogen-bond donors (Lipinski definition) is 0. The number of para-hydroxylation sites is 2. The van der Waals surface area contributed by atoms with Crippen LogP contribution in [-0.2, 0) is 10.8 Å². The van der Waals surface area contributed by atoms with Crippen LogP contribution in [0.1, 0.15) is 49.9 Å². The molecule has 2 aliphatic carbocycles. The standard InChI is InChI=1S/C56H43FN2/c1-55(2)49-16-10-8-15-46(49)53-54(55)47-32-24-39(34-50(47)56(53,3)4)38-22-29-43(30-23-38)58(42-27-20-37(21-28-42)36-18-25-40(57)26-19-36)44-31-33-52-48(35-44)45-14-9-11-17-51(45)59(52)41-12-6-5-7-13-41/h5-35H,1-4H3. The van der Waals surface area contributed by atoms with Gasteiger partial charge in [0.1, 0.15) is 5.82 Å². The Bertz CT molecular complexity index is 3130. The van der Waals surface area contributed by atoms with Gasteiger partial charge in [-0.3, -0.25) is 0 Å². The summed E-state index contributed by atoms with van der Waals surface area (Å²) in [5.41, 5.74) is 19.5. The lowest BCUT2D eigenvalue weighted by Crippen LogP contribution is -2.19. The Labute approximate surface area is 345 Å². The van der Waals surface area contributed by atoms with Crippen molar-refractivity contribution in [2.75, 3.05) is 4.90 Å². The van der Waals surface area contributed by atoms with E-state index in [9.17, 15) is 4.39 Å². The minimum absolute atomic E-state index is 0.0439. The number of hydrogen-bond acceptors (Lipinski definition) is 1. The van der Waals surface area contributed by atoms with Crippen LogP contribution in [0.4, 0.5) is 21.5 Å². The van der Waals surface area contributed by atoms with Crippen LogP contribution in [0.15, 0.2) is 188 Å². The van der Waals surface area contributed by atoms with E-state index in [1.54, 1.807) is 0 Å². The van der Waals surface area contributed by atoms with Gasteiger partial charge in [0.2, 0.25) is 0 Å². The highest BCUT2D eigenvalue weighted by molar-refractivity contribution is 6.11. The molecule has 0 radical (unpaired) electrons. The Morgan fingerprint density at radius 1 is 0.407 bits per heavy atom. The van der Waals surface area contributed by atoms with Crippen molar-refractivity contribution in [2.45, 2.75) is 38.5 Å². The van der Waals surface area contributed by atoms with E-state index < -0.39 is 0 Å². The fraction of sp³-hybridized carbons (Fsp3) is 0.107. The van der Waals surface area contributed by atoms with Gasteiger partial charge >= 0.3 is 0 Å². The highest BCUT2D eigenvalue weighted by Gasteiger charge is 2.49. The number of halogens is 1. The molecule has 1 aromatic heterocycles. The summed E-state index contributed by atoms with van der Waals surface area (Å²) in [5, 5.41) is 2.40. The normalized spacial score (nSPS) is 14.7. The highest BCUT2D eigenvalue weighted by Crippen LogP contribution is 2.62. The predicted octanol–water partition coefficient (Wildman–Crippen LogP) is 15.2. The summed E-state index contributed by atoms with van der Waals surface area (Å²) in [7, 11) is 0. The Balaban J connectivity index is 1.01. The van der Waals surface area contributed by atoms with E-state index in [1.165, 1.54) is 72.9 Å². The molecule has 0 saturated heterocycles. The van der Waals surface area contributed by atoms with Crippen LogP contribution in [0.5, 0.6) is 0 Å². The molecule has 1 heterocycles. The van der Waals surface area contributed by atoms with E-state index in [2.05, 4.69) is 201 Å². The molecule has 0 N–H and O–H groups in total. The van der Waals surface area contributed by atoms with Crippen LogP contribution in [-0.4, -0.2) is 4.57 Å². The van der Waals surface area contributed by atoms with E-state index >= 15 is 0 Å². The monoisotopic (exact) mass is 762 g/mol. The molecule has 3 heteroatoms. The van der Waals surface area contributed by atoms with E-state index in [4.69, 9.17) is 0 Å². The molecule has 2 nitrogen and oxygen atoms in total. The Morgan fingerprint density at radius 2 is 0.915 bits per heavy atom. The number of benzene rings is 8. The van der Waals surface area contributed by atoms with Crippen LogP contribution < -0.4 is 4.90 Å². The molecule has 0 atom stereocenters. The summed E-state index contributed by atoms with van der Waals surface area (Å²) < 4.78 is 16.2. The van der Waals surface area contributed by atoms with E-state index in [-0.39, 0.29) is 16.6 Å². The first-order valence-corrected chi connectivity index (χ1v) is 20.5. The zero-order chi connectivity index (χ0) is 40.0. The summed E-state index contributed by atoms with van der Waals surface area (Å²) in [5.74, 6) is -0.234. The second-order valence-electron chi connectivity index (χ2n) is 17.1. The second kappa shape index (κ2) is 13.0. The zero-order valence-corrected chi connectivity index (χ0v) is 33.7. The summed E-state index contributed by atoms with van der Waals surface area (Å²) in [4.78, 5) is 2.34. The van der Waals surface area contributed by atoms with E-state index in [0.29, 0.717) is 0 Å². The van der Waals surface area contributed by atoms with E-state index in [0.717, 1.165) is 39.4 Å². The number of rotatable bonds is 6. The lowest BCUT2D eigenvalue weighted by molar-refractivity contribution is 0.628. The fourth-order valence-corrected chi connectivity index (χ4v) is 10.2. The van der Waals surface area contributed by atoms with Crippen LogP contribution in [0, 0.1) is 5.82 Å². The molecule has 9 aromatic rings. The molecule has 0 aliphatic heterocycles. The minimum atomic E-state index is -0.234. The highest BCUT2D eigenvalue weighted by atomic mass is 19.1. The SMILES string of the molecule is CC1(C)C2=C(c3ccccc31)C(C)(C)c1cc(-c3ccc(N(c4ccc(-c5ccc(F)cc5)cc4)c4ccc5c(c4)c4ccccc4n5-c4ccccc4)cc3)ccc12. The first-order valence-electron chi connectivity index (χ1n) is 20.5. The second-order valence-corrected chi connectivity index (χ2v) is 17.1. The number of aromatic nitrogens is 1. The largest absolute Gasteiger partial charge is 0.310 e. The Hall–Kier alpha value is -6.97. The van der Waals surface area contributed by atoms with Crippen molar-refractivity contribution in [3.63, 3.8) is 0 Å². The lowest BCUT2D eigenvalue weighted by atomic mass is 9.75. The minimum Gasteiger partial charge on any atom is -0.310 e. The third-order valence-electron chi connectivity index (χ3n) is 13.0. The predicted molar refractivity (Wildman–Crippen MR) is 246 cm³/mol. The fourth-order valence-electron chi connectivity index (χ4n) is 10.2. The molecule has 284 valence electrons. The smallest absolute Gasteiger partial charge is 0.123 e.